The average molecular weight is 267 g/mol. The lowest BCUT2D eigenvalue weighted by molar-refractivity contribution is 0.474. The third kappa shape index (κ3) is 2.59. The molecule has 2 heterocycles. The molecule has 4 heteroatoms. The summed E-state index contributed by atoms with van der Waals surface area (Å²) in [6.07, 6.45) is 4.43. The van der Waals surface area contributed by atoms with Gasteiger partial charge in [0.15, 0.2) is 0 Å². The highest BCUT2D eigenvalue weighted by Crippen LogP contribution is 2.25. The van der Waals surface area contributed by atoms with Crippen molar-refractivity contribution in [3.63, 3.8) is 0 Å². The Morgan fingerprint density at radius 2 is 2.05 bits per heavy atom. The Hall–Kier alpha value is -2.49. The topological polar surface area (TPSA) is 53.9 Å². The molecule has 20 heavy (non-hydrogen) atoms. The second-order valence-corrected chi connectivity index (χ2v) is 4.67. The molecule has 0 aliphatic heterocycles. The number of hydrogen-bond acceptors (Lipinski definition) is 3. The van der Waals surface area contributed by atoms with Gasteiger partial charge in [0.05, 0.1) is 18.0 Å². The van der Waals surface area contributed by atoms with Crippen molar-refractivity contribution in [3.05, 3.63) is 60.7 Å². The molecule has 0 saturated carbocycles. The molecule has 0 radical (unpaired) electrons. The fraction of sp³-hybridized carbons (Fsp3) is 0.188. The highest BCUT2D eigenvalue weighted by molar-refractivity contribution is 5.62. The first kappa shape index (κ1) is 12.5. The molecule has 2 aromatic heterocycles. The minimum absolute atomic E-state index is 0.197. The Morgan fingerprint density at radius 3 is 2.65 bits per heavy atom. The summed E-state index contributed by atoms with van der Waals surface area (Å²) in [5.74, 6) is 0.963. The first-order chi connectivity index (χ1) is 9.86. The van der Waals surface area contributed by atoms with E-state index in [-0.39, 0.29) is 6.04 Å². The van der Waals surface area contributed by atoms with Crippen molar-refractivity contribution in [1.29, 1.82) is 0 Å². The number of rotatable bonds is 5. The first-order valence-electron chi connectivity index (χ1n) is 6.76. The van der Waals surface area contributed by atoms with Gasteiger partial charge in [0, 0.05) is 11.9 Å². The Balaban J connectivity index is 1.75. The summed E-state index contributed by atoms with van der Waals surface area (Å²) < 4.78 is 5.47. The summed E-state index contributed by atoms with van der Waals surface area (Å²) in [6.45, 7) is 2.14. The number of furan rings is 1. The number of nitrogens with one attached hydrogen (secondary N) is 2. The lowest BCUT2D eigenvalue weighted by atomic mass is 10.1. The molecule has 0 aliphatic carbocycles. The fourth-order valence-corrected chi connectivity index (χ4v) is 2.23. The summed E-state index contributed by atoms with van der Waals surface area (Å²) in [4.78, 5) is 0. The molecule has 0 fully saturated rings. The van der Waals surface area contributed by atoms with E-state index in [1.165, 1.54) is 0 Å². The van der Waals surface area contributed by atoms with E-state index in [1.807, 2.05) is 18.2 Å². The minimum atomic E-state index is 0.197. The predicted molar refractivity (Wildman–Crippen MR) is 79.4 cm³/mol. The molecule has 102 valence electrons. The number of H-pyrrole nitrogens is 1. The first-order valence-corrected chi connectivity index (χ1v) is 6.76. The van der Waals surface area contributed by atoms with E-state index in [9.17, 15) is 0 Å². The summed E-state index contributed by atoms with van der Waals surface area (Å²) in [5.41, 5.74) is 3.23. The second kappa shape index (κ2) is 5.65. The molecule has 0 aliphatic rings. The number of nitrogens with zero attached hydrogens (tertiary/aromatic N) is 1. The Morgan fingerprint density at radius 1 is 1.20 bits per heavy atom. The molecular weight excluding hydrogens is 250 g/mol. The summed E-state index contributed by atoms with van der Waals surface area (Å²) in [7, 11) is 0. The second-order valence-electron chi connectivity index (χ2n) is 4.67. The van der Waals surface area contributed by atoms with Gasteiger partial charge in [-0.05, 0) is 42.3 Å². The normalized spacial score (nSPS) is 12.2. The number of hydrogen-bond donors (Lipinski definition) is 2. The quantitative estimate of drug-likeness (QED) is 0.727. The van der Waals surface area contributed by atoms with E-state index in [4.69, 9.17) is 4.42 Å². The molecule has 3 rings (SSSR count). The lowest BCUT2D eigenvalue weighted by Crippen LogP contribution is -2.08. The van der Waals surface area contributed by atoms with Crippen LogP contribution in [0.25, 0.3) is 11.3 Å². The highest BCUT2D eigenvalue weighted by Gasteiger charge is 2.11. The Labute approximate surface area is 117 Å². The van der Waals surface area contributed by atoms with Gasteiger partial charge in [-0.15, -0.1) is 0 Å². The van der Waals surface area contributed by atoms with Crippen molar-refractivity contribution in [2.45, 2.75) is 19.4 Å². The van der Waals surface area contributed by atoms with Crippen molar-refractivity contribution in [1.82, 2.24) is 10.2 Å². The molecule has 0 bridgehead atoms. The van der Waals surface area contributed by atoms with E-state index in [2.05, 4.69) is 46.7 Å². The standard InChI is InChI=1S/C16H17N3O/c1-2-14(16-4-3-11-20-16)18-13-7-5-12(6-8-13)15-9-10-17-19-15/h3-11,14,18H,2H2,1H3,(H,17,19). The monoisotopic (exact) mass is 267 g/mol. The molecule has 2 N–H and O–H groups in total. The molecule has 4 nitrogen and oxygen atoms in total. The van der Waals surface area contributed by atoms with Gasteiger partial charge in [0.1, 0.15) is 5.76 Å². The van der Waals surface area contributed by atoms with Gasteiger partial charge in [-0.2, -0.15) is 5.10 Å². The SMILES string of the molecule is CCC(Nc1ccc(-c2ccn[nH]2)cc1)c1ccco1. The molecule has 1 aromatic carbocycles. The van der Waals surface area contributed by atoms with Crippen molar-refractivity contribution in [3.8, 4) is 11.3 Å². The molecule has 3 aromatic rings. The average Bonchev–Trinajstić information content (AvgIpc) is 3.18. The van der Waals surface area contributed by atoms with Gasteiger partial charge < -0.3 is 9.73 Å². The summed E-state index contributed by atoms with van der Waals surface area (Å²) >= 11 is 0. The third-order valence-electron chi connectivity index (χ3n) is 3.33. The molecule has 1 atom stereocenters. The van der Waals surface area contributed by atoms with E-state index in [1.54, 1.807) is 12.5 Å². The fourth-order valence-electron chi connectivity index (χ4n) is 2.23. The van der Waals surface area contributed by atoms with Crippen molar-refractivity contribution >= 4 is 5.69 Å². The van der Waals surface area contributed by atoms with E-state index >= 15 is 0 Å². The van der Waals surface area contributed by atoms with Crippen LogP contribution in [-0.4, -0.2) is 10.2 Å². The van der Waals surface area contributed by atoms with Crippen LogP contribution in [0.2, 0.25) is 0 Å². The zero-order chi connectivity index (χ0) is 13.8. The molecule has 0 amide bonds. The maximum absolute atomic E-state index is 5.47. The van der Waals surface area contributed by atoms with Gasteiger partial charge in [0.2, 0.25) is 0 Å². The summed E-state index contributed by atoms with van der Waals surface area (Å²) in [6, 6.07) is 14.4. The van der Waals surface area contributed by atoms with Crippen LogP contribution in [0.15, 0.2) is 59.3 Å². The maximum Gasteiger partial charge on any atom is 0.125 e. The highest BCUT2D eigenvalue weighted by atomic mass is 16.3. The summed E-state index contributed by atoms with van der Waals surface area (Å²) in [5, 5.41) is 10.4. The van der Waals surface area contributed by atoms with Gasteiger partial charge in [-0.1, -0.05) is 19.1 Å². The molecule has 0 spiro atoms. The predicted octanol–water partition coefficient (Wildman–Crippen LogP) is 4.23. The van der Waals surface area contributed by atoms with Crippen molar-refractivity contribution in [2.75, 3.05) is 5.32 Å². The van der Waals surface area contributed by atoms with Gasteiger partial charge >= 0.3 is 0 Å². The van der Waals surface area contributed by atoms with E-state index in [0.29, 0.717) is 0 Å². The zero-order valence-electron chi connectivity index (χ0n) is 11.3. The lowest BCUT2D eigenvalue weighted by Gasteiger charge is -2.16. The van der Waals surface area contributed by atoms with Crippen molar-refractivity contribution < 1.29 is 4.42 Å². The Bertz CT molecular complexity index is 627. The van der Waals surface area contributed by atoms with Crippen LogP contribution in [0.1, 0.15) is 25.1 Å². The smallest absolute Gasteiger partial charge is 0.125 e. The number of benzene rings is 1. The van der Waals surface area contributed by atoms with Crippen LogP contribution >= 0.6 is 0 Å². The largest absolute Gasteiger partial charge is 0.467 e. The van der Waals surface area contributed by atoms with Crippen LogP contribution in [0, 0.1) is 0 Å². The molecule has 0 saturated heterocycles. The van der Waals surface area contributed by atoms with Crippen LogP contribution in [0.3, 0.4) is 0 Å². The van der Waals surface area contributed by atoms with Crippen LogP contribution in [0.4, 0.5) is 5.69 Å². The number of anilines is 1. The number of aromatic nitrogens is 2. The minimum Gasteiger partial charge on any atom is -0.467 e. The van der Waals surface area contributed by atoms with Gasteiger partial charge in [0.25, 0.3) is 0 Å². The van der Waals surface area contributed by atoms with Crippen LogP contribution in [-0.2, 0) is 0 Å². The van der Waals surface area contributed by atoms with Gasteiger partial charge in [-0.3, -0.25) is 5.10 Å². The molecule has 1 unspecified atom stereocenters. The van der Waals surface area contributed by atoms with E-state index < -0.39 is 0 Å². The molecular formula is C16H17N3O. The van der Waals surface area contributed by atoms with Crippen LogP contribution < -0.4 is 5.32 Å². The maximum atomic E-state index is 5.47. The third-order valence-corrected chi connectivity index (χ3v) is 3.33. The van der Waals surface area contributed by atoms with Crippen LogP contribution in [0.5, 0.6) is 0 Å². The van der Waals surface area contributed by atoms with E-state index in [0.717, 1.165) is 29.1 Å². The Kier molecular flexibility index (Phi) is 3.54. The zero-order valence-corrected chi connectivity index (χ0v) is 11.3. The number of aromatic amines is 1. The van der Waals surface area contributed by atoms with Gasteiger partial charge in [-0.25, -0.2) is 0 Å². The van der Waals surface area contributed by atoms with Crippen molar-refractivity contribution in [2.24, 2.45) is 0 Å².